The summed E-state index contributed by atoms with van der Waals surface area (Å²) in [5, 5.41) is 6.98. The largest absolute Gasteiger partial charge is 0.459 e. The van der Waals surface area contributed by atoms with Gasteiger partial charge in [-0.2, -0.15) is 9.97 Å². The van der Waals surface area contributed by atoms with Crippen molar-refractivity contribution in [3.05, 3.63) is 54.3 Å². The molecule has 190 valence electrons. The normalized spacial score (nSPS) is 18.5. The van der Waals surface area contributed by atoms with Crippen LogP contribution in [-0.4, -0.2) is 40.8 Å². The maximum absolute atomic E-state index is 6.00. The quantitative estimate of drug-likeness (QED) is 0.397. The summed E-state index contributed by atoms with van der Waals surface area (Å²) in [6.45, 7) is 5.88. The molecule has 5 rings (SSSR count). The Kier molecular flexibility index (Phi) is 8.01. The number of rotatable bonds is 6. The zero-order valence-electron chi connectivity index (χ0n) is 21.1. The average Bonchev–Trinajstić information content (AvgIpc) is 3.21. The number of thiocarbonyl (C=S) groups is 1. The summed E-state index contributed by atoms with van der Waals surface area (Å²) in [6.07, 6.45) is 8.65. The molecule has 7 nitrogen and oxygen atoms in total. The molecule has 36 heavy (non-hydrogen) atoms. The van der Waals surface area contributed by atoms with Gasteiger partial charge in [-0.1, -0.05) is 43.2 Å². The van der Waals surface area contributed by atoms with Crippen LogP contribution in [0, 0.1) is 0 Å². The van der Waals surface area contributed by atoms with E-state index in [1.54, 1.807) is 0 Å². The van der Waals surface area contributed by atoms with Gasteiger partial charge < -0.3 is 24.9 Å². The van der Waals surface area contributed by atoms with Gasteiger partial charge in [-0.05, 0) is 63.4 Å². The van der Waals surface area contributed by atoms with Crippen molar-refractivity contribution in [1.29, 1.82) is 0 Å². The molecule has 0 bridgehead atoms. The molecule has 0 spiro atoms. The highest BCUT2D eigenvalue weighted by Crippen LogP contribution is 2.28. The minimum absolute atomic E-state index is 0.473. The molecule has 1 aromatic carbocycles. The van der Waals surface area contributed by atoms with E-state index >= 15 is 0 Å². The number of benzene rings is 1. The van der Waals surface area contributed by atoms with E-state index in [-0.39, 0.29) is 0 Å². The lowest BCUT2D eigenvalue weighted by molar-refractivity contribution is 0.481. The van der Waals surface area contributed by atoms with Gasteiger partial charge in [0.25, 0.3) is 0 Å². The van der Waals surface area contributed by atoms with E-state index in [4.69, 9.17) is 26.6 Å². The number of nitrogens with zero attached hydrogens (tertiary/aromatic N) is 4. The van der Waals surface area contributed by atoms with Crippen LogP contribution in [-0.2, 0) is 6.54 Å². The third-order valence-electron chi connectivity index (χ3n) is 7.09. The average molecular weight is 505 g/mol. The van der Waals surface area contributed by atoms with Crippen LogP contribution < -0.4 is 20.4 Å². The maximum atomic E-state index is 6.00. The molecule has 4 heterocycles. The Hall–Kier alpha value is -3.13. The van der Waals surface area contributed by atoms with Crippen LogP contribution in [0.1, 0.15) is 57.6 Å². The molecule has 2 aliphatic rings. The van der Waals surface area contributed by atoms with E-state index < -0.39 is 0 Å². The van der Waals surface area contributed by atoms with Crippen molar-refractivity contribution in [2.24, 2.45) is 0 Å². The van der Waals surface area contributed by atoms with Crippen molar-refractivity contribution in [3.63, 3.8) is 0 Å². The molecule has 2 saturated heterocycles. The van der Waals surface area contributed by atoms with Crippen LogP contribution in [0.2, 0.25) is 0 Å². The number of nitrogens with one attached hydrogen (secondary N) is 2. The highest BCUT2D eigenvalue weighted by molar-refractivity contribution is 7.80. The highest BCUT2D eigenvalue weighted by Gasteiger charge is 2.23. The third kappa shape index (κ3) is 6.16. The molecule has 2 fully saturated rings. The summed E-state index contributed by atoms with van der Waals surface area (Å²) in [4.78, 5) is 14.6. The molecule has 0 aliphatic carbocycles. The Morgan fingerprint density at radius 3 is 2.47 bits per heavy atom. The van der Waals surface area contributed by atoms with Crippen molar-refractivity contribution >= 4 is 34.9 Å². The first-order valence-electron chi connectivity index (χ1n) is 13.3. The smallest absolute Gasteiger partial charge is 0.232 e. The fourth-order valence-corrected chi connectivity index (χ4v) is 5.23. The summed E-state index contributed by atoms with van der Waals surface area (Å²) < 4.78 is 6.00. The third-order valence-corrected chi connectivity index (χ3v) is 7.34. The zero-order chi connectivity index (χ0) is 24.7. The molecule has 0 radical (unpaired) electrons. The first-order chi connectivity index (χ1) is 17.7. The molecule has 0 amide bonds. The summed E-state index contributed by atoms with van der Waals surface area (Å²) in [5.41, 5.74) is 1.06. The molecule has 1 atom stereocenters. The van der Waals surface area contributed by atoms with Crippen LogP contribution >= 0.6 is 12.2 Å². The number of aromatic nitrogens is 2. The van der Waals surface area contributed by atoms with E-state index in [9.17, 15) is 0 Å². The Morgan fingerprint density at radius 1 is 0.944 bits per heavy atom. The molecule has 8 heteroatoms. The van der Waals surface area contributed by atoms with Crippen LogP contribution in [0.5, 0.6) is 0 Å². The number of hydrogen-bond donors (Lipinski definition) is 2. The van der Waals surface area contributed by atoms with Crippen LogP contribution in [0.15, 0.2) is 52.9 Å². The minimum Gasteiger partial charge on any atom is -0.459 e. The standard InChI is InChI=1S/C28H36N6OS/c1-21-11-7-10-18-34(21)26-19-25(33-16-8-2-3-9-17-33)30-27(31-26)32-28(36)29-20-23-14-15-24(35-23)22-12-5-4-6-13-22/h4-6,12-15,19,21H,2-3,7-11,16-18,20H2,1H3,(H2,29,30,31,32,36)/t21-/m0/s1. The van der Waals surface area contributed by atoms with Gasteiger partial charge in [-0.25, -0.2) is 0 Å². The van der Waals surface area contributed by atoms with Gasteiger partial charge >= 0.3 is 0 Å². The van der Waals surface area contributed by atoms with Gasteiger partial charge in [0.1, 0.15) is 23.2 Å². The number of piperidine rings is 1. The molecule has 0 unspecified atom stereocenters. The SMILES string of the molecule is C[C@H]1CCCCN1c1cc(N2CCCCCC2)nc(NC(=S)NCc2ccc(-c3ccccc3)o2)n1. The summed E-state index contributed by atoms with van der Waals surface area (Å²) in [5.74, 6) is 4.19. The summed E-state index contributed by atoms with van der Waals surface area (Å²) in [6, 6.07) is 16.7. The predicted octanol–water partition coefficient (Wildman–Crippen LogP) is 5.98. The minimum atomic E-state index is 0.473. The van der Waals surface area contributed by atoms with Crippen molar-refractivity contribution in [2.75, 3.05) is 34.8 Å². The van der Waals surface area contributed by atoms with E-state index in [1.165, 1.54) is 44.9 Å². The van der Waals surface area contributed by atoms with Crippen LogP contribution in [0.3, 0.4) is 0 Å². The topological polar surface area (TPSA) is 69.5 Å². The monoisotopic (exact) mass is 504 g/mol. The first-order valence-corrected chi connectivity index (χ1v) is 13.7. The van der Waals surface area contributed by atoms with Gasteiger partial charge in [0.2, 0.25) is 5.95 Å². The van der Waals surface area contributed by atoms with Gasteiger partial charge in [0, 0.05) is 37.3 Å². The second kappa shape index (κ2) is 11.7. The van der Waals surface area contributed by atoms with Crippen molar-refractivity contribution in [2.45, 2.75) is 64.5 Å². The van der Waals surface area contributed by atoms with Crippen LogP contribution in [0.4, 0.5) is 17.6 Å². The van der Waals surface area contributed by atoms with E-state index in [0.29, 0.717) is 23.6 Å². The lowest BCUT2D eigenvalue weighted by Gasteiger charge is -2.35. The lowest BCUT2D eigenvalue weighted by Crippen LogP contribution is -2.38. The van der Waals surface area contributed by atoms with Crippen molar-refractivity contribution in [1.82, 2.24) is 15.3 Å². The Bertz CT molecular complexity index is 1140. The molecule has 2 aliphatic heterocycles. The molecule has 3 aromatic rings. The second-order valence-corrected chi connectivity index (χ2v) is 10.2. The Balaban J connectivity index is 1.29. The molecule has 2 N–H and O–H groups in total. The Morgan fingerprint density at radius 2 is 1.69 bits per heavy atom. The summed E-state index contributed by atoms with van der Waals surface area (Å²) >= 11 is 5.61. The van der Waals surface area contributed by atoms with Gasteiger partial charge in [0.15, 0.2) is 5.11 Å². The van der Waals surface area contributed by atoms with E-state index in [1.807, 2.05) is 42.5 Å². The number of anilines is 3. The van der Waals surface area contributed by atoms with Crippen molar-refractivity contribution in [3.8, 4) is 11.3 Å². The van der Waals surface area contributed by atoms with Gasteiger partial charge in [0.05, 0.1) is 6.54 Å². The van der Waals surface area contributed by atoms with Crippen molar-refractivity contribution < 1.29 is 4.42 Å². The fourth-order valence-electron chi connectivity index (χ4n) is 5.07. The molecular weight excluding hydrogens is 468 g/mol. The highest BCUT2D eigenvalue weighted by atomic mass is 32.1. The molecule has 0 saturated carbocycles. The fraction of sp³-hybridized carbons (Fsp3) is 0.464. The molecular formula is C28H36N6OS. The predicted molar refractivity (Wildman–Crippen MR) is 151 cm³/mol. The Labute approximate surface area is 219 Å². The molecule has 2 aromatic heterocycles. The van der Waals surface area contributed by atoms with E-state index in [0.717, 1.165) is 48.4 Å². The van der Waals surface area contributed by atoms with Crippen LogP contribution in [0.25, 0.3) is 11.3 Å². The lowest BCUT2D eigenvalue weighted by atomic mass is 10.0. The van der Waals surface area contributed by atoms with E-state index in [2.05, 4.69) is 33.4 Å². The van der Waals surface area contributed by atoms with Gasteiger partial charge in [-0.15, -0.1) is 0 Å². The summed E-state index contributed by atoms with van der Waals surface area (Å²) in [7, 11) is 0. The first kappa shape index (κ1) is 24.6. The van der Waals surface area contributed by atoms with Gasteiger partial charge in [-0.3, -0.25) is 0 Å². The second-order valence-electron chi connectivity index (χ2n) is 9.79. The zero-order valence-corrected chi connectivity index (χ0v) is 21.9. The maximum Gasteiger partial charge on any atom is 0.232 e. The number of hydrogen-bond acceptors (Lipinski definition) is 6. The number of furan rings is 1.